The van der Waals surface area contributed by atoms with Crippen LogP contribution in [0.25, 0.3) is 0 Å². The van der Waals surface area contributed by atoms with Gasteiger partial charge in [0.25, 0.3) is 5.91 Å². The van der Waals surface area contributed by atoms with Gasteiger partial charge in [-0.1, -0.05) is 43.7 Å². The second-order valence-electron chi connectivity index (χ2n) is 4.72. The maximum atomic E-state index is 11.7. The van der Waals surface area contributed by atoms with Gasteiger partial charge in [0.1, 0.15) is 0 Å². The number of carbonyl (C=O) groups is 2. The number of hydrogen-bond donors (Lipinski definition) is 2. The minimum Gasteiger partial charge on any atom is -0.391 e. The highest BCUT2D eigenvalue weighted by Crippen LogP contribution is 2.04. The van der Waals surface area contributed by atoms with Crippen LogP contribution in [0.5, 0.6) is 0 Å². The van der Waals surface area contributed by atoms with E-state index in [2.05, 4.69) is 5.32 Å². The van der Waals surface area contributed by atoms with E-state index >= 15 is 0 Å². The first-order chi connectivity index (χ1) is 8.41. The smallest absolute Gasteiger partial charge is 0.292 e. The Morgan fingerprint density at radius 3 is 2.28 bits per heavy atom. The first kappa shape index (κ1) is 14.4. The topological polar surface area (TPSA) is 66.4 Å². The predicted octanol–water partition coefficient (Wildman–Crippen LogP) is 1.31. The molecule has 18 heavy (non-hydrogen) atoms. The maximum absolute atomic E-state index is 11.7. The van der Waals surface area contributed by atoms with Gasteiger partial charge in [-0.05, 0) is 12.8 Å². The SMILES string of the molecule is Cc1ccc(C(=O)C(=O)NCC(O)C(C)C)cc1. The fourth-order valence-corrected chi connectivity index (χ4v) is 1.35. The molecule has 0 radical (unpaired) electrons. The molecule has 4 nitrogen and oxygen atoms in total. The van der Waals surface area contributed by atoms with Crippen molar-refractivity contribution in [1.82, 2.24) is 5.32 Å². The number of amides is 1. The quantitative estimate of drug-likeness (QED) is 0.611. The number of rotatable bonds is 5. The maximum Gasteiger partial charge on any atom is 0.292 e. The summed E-state index contributed by atoms with van der Waals surface area (Å²) in [6.45, 7) is 5.69. The molecule has 1 aromatic rings. The van der Waals surface area contributed by atoms with Crippen LogP contribution in [-0.4, -0.2) is 29.4 Å². The second-order valence-corrected chi connectivity index (χ2v) is 4.72. The molecule has 1 unspecified atom stereocenters. The summed E-state index contributed by atoms with van der Waals surface area (Å²) in [6.07, 6.45) is -0.639. The fourth-order valence-electron chi connectivity index (χ4n) is 1.35. The molecule has 0 heterocycles. The molecule has 0 aliphatic rings. The van der Waals surface area contributed by atoms with E-state index in [1.54, 1.807) is 24.3 Å². The zero-order valence-corrected chi connectivity index (χ0v) is 10.9. The van der Waals surface area contributed by atoms with Crippen molar-refractivity contribution < 1.29 is 14.7 Å². The third-order valence-corrected chi connectivity index (χ3v) is 2.76. The van der Waals surface area contributed by atoms with Crippen molar-refractivity contribution in [2.24, 2.45) is 5.92 Å². The summed E-state index contributed by atoms with van der Waals surface area (Å²) in [6, 6.07) is 6.80. The van der Waals surface area contributed by atoms with E-state index in [0.717, 1.165) is 5.56 Å². The lowest BCUT2D eigenvalue weighted by Crippen LogP contribution is -2.38. The summed E-state index contributed by atoms with van der Waals surface area (Å²) in [4.78, 5) is 23.3. The Bertz CT molecular complexity index is 423. The van der Waals surface area contributed by atoms with E-state index in [-0.39, 0.29) is 12.5 Å². The molecule has 0 bridgehead atoms. The molecule has 0 aliphatic heterocycles. The van der Waals surface area contributed by atoms with Crippen molar-refractivity contribution in [3.63, 3.8) is 0 Å². The largest absolute Gasteiger partial charge is 0.391 e. The fraction of sp³-hybridized carbons (Fsp3) is 0.429. The van der Waals surface area contributed by atoms with Crippen LogP contribution in [0.15, 0.2) is 24.3 Å². The minimum atomic E-state index is -0.682. The van der Waals surface area contributed by atoms with E-state index in [0.29, 0.717) is 5.56 Å². The predicted molar refractivity (Wildman–Crippen MR) is 69.4 cm³/mol. The van der Waals surface area contributed by atoms with E-state index in [4.69, 9.17) is 0 Å². The van der Waals surface area contributed by atoms with E-state index in [1.165, 1.54) is 0 Å². The average molecular weight is 249 g/mol. The summed E-state index contributed by atoms with van der Waals surface area (Å²) in [5.41, 5.74) is 1.39. The van der Waals surface area contributed by atoms with E-state index in [9.17, 15) is 14.7 Å². The Morgan fingerprint density at radius 1 is 1.22 bits per heavy atom. The van der Waals surface area contributed by atoms with Gasteiger partial charge in [0, 0.05) is 12.1 Å². The van der Waals surface area contributed by atoms with E-state index in [1.807, 2.05) is 20.8 Å². The lowest BCUT2D eigenvalue weighted by atomic mass is 10.1. The molecule has 0 saturated carbocycles. The van der Waals surface area contributed by atoms with Crippen LogP contribution in [0.1, 0.15) is 29.8 Å². The Labute approximate surface area is 107 Å². The molecule has 0 aliphatic carbocycles. The van der Waals surface area contributed by atoms with Gasteiger partial charge in [-0.2, -0.15) is 0 Å². The summed E-state index contributed by atoms with van der Waals surface area (Å²) in [5.74, 6) is -1.22. The molecular weight excluding hydrogens is 230 g/mol. The number of hydrogen-bond acceptors (Lipinski definition) is 3. The summed E-state index contributed by atoms with van der Waals surface area (Å²) < 4.78 is 0. The second kappa shape index (κ2) is 6.31. The van der Waals surface area contributed by atoms with Crippen LogP contribution in [0.3, 0.4) is 0 Å². The Morgan fingerprint density at radius 2 is 1.78 bits per heavy atom. The third-order valence-electron chi connectivity index (χ3n) is 2.76. The average Bonchev–Trinajstić information content (AvgIpc) is 2.35. The standard InChI is InChI=1S/C14H19NO3/c1-9(2)12(16)8-15-14(18)13(17)11-6-4-10(3)5-7-11/h4-7,9,12,16H,8H2,1-3H3,(H,15,18). The molecule has 4 heteroatoms. The first-order valence-electron chi connectivity index (χ1n) is 5.99. The van der Waals surface area contributed by atoms with Crippen LogP contribution in [0, 0.1) is 12.8 Å². The summed E-state index contributed by atoms with van der Waals surface area (Å²) >= 11 is 0. The molecule has 1 amide bonds. The normalized spacial score (nSPS) is 12.3. The van der Waals surface area contributed by atoms with Crippen LogP contribution in [-0.2, 0) is 4.79 Å². The van der Waals surface area contributed by atoms with Gasteiger partial charge in [0.15, 0.2) is 0 Å². The van der Waals surface area contributed by atoms with Gasteiger partial charge in [-0.3, -0.25) is 9.59 Å². The van der Waals surface area contributed by atoms with Crippen molar-refractivity contribution in [3.8, 4) is 0 Å². The number of aliphatic hydroxyl groups excluding tert-OH is 1. The van der Waals surface area contributed by atoms with Gasteiger partial charge >= 0.3 is 0 Å². The number of aliphatic hydroxyl groups is 1. The number of Topliss-reactive ketones (excluding diaryl/α,β-unsaturated/α-hetero) is 1. The molecule has 0 spiro atoms. The highest BCUT2D eigenvalue weighted by atomic mass is 16.3. The molecule has 1 aromatic carbocycles. The zero-order valence-electron chi connectivity index (χ0n) is 10.9. The van der Waals surface area contributed by atoms with Gasteiger partial charge in [0.2, 0.25) is 5.78 Å². The number of ketones is 1. The zero-order chi connectivity index (χ0) is 13.7. The van der Waals surface area contributed by atoms with Crippen molar-refractivity contribution in [2.75, 3.05) is 6.54 Å². The third kappa shape index (κ3) is 3.96. The summed E-state index contributed by atoms with van der Waals surface area (Å²) in [7, 11) is 0. The molecular formula is C14H19NO3. The van der Waals surface area contributed by atoms with Crippen molar-refractivity contribution in [2.45, 2.75) is 26.9 Å². The first-order valence-corrected chi connectivity index (χ1v) is 5.99. The van der Waals surface area contributed by atoms with Gasteiger partial charge in [-0.15, -0.1) is 0 Å². The molecule has 2 N–H and O–H groups in total. The number of nitrogens with one attached hydrogen (secondary N) is 1. The lowest BCUT2D eigenvalue weighted by Gasteiger charge is -2.14. The monoisotopic (exact) mass is 249 g/mol. The number of carbonyl (C=O) groups excluding carboxylic acids is 2. The van der Waals surface area contributed by atoms with Crippen molar-refractivity contribution in [3.05, 3.63) is 35.4 Å². The van der Waals surface area contributed by atoms with Crippen LogP contribution >= 0.6 is 0 Å². The van der Waals surface area contributed by atoms with Gasteiger partial charge in [-0.25, -0.2) is 0 Å². The van der Waals surface area contributed by atoms with Crippen molar-refractivity contribution in [1.29, 1.82) is 0 Å². The highest BCUT2D eigenvalue weighted by molar-refractivity contribution is 6.42. The Hall–Kier alpha value is -1.68. The molecule has 1 atom stereocenters. The number of aryl methyl sites for hydroxylation is 1. The van der Waals surface area contributed by atoms with Gasteiger partial charge in [0.05, 0.1) is 6.10 Å². The number of benzene rings is 1. The molecule has 98 valence electrons. The Kier molecular flexibility index (Phi) is 5.04. The van der Waals surface area contributed by atoms with Gasteiger partial charge < -0.3 is 10.4 Å². The summed E-state index contributed by atoms with van der Waals surface area (Å²) in [5, 5.41) is 12.0. The molecule has 0 aromatic heterocycles. The molecule has 0 fully saturated rings. The minimum absolute atomic E-state index is 0.0415. The van der Waals surface area contributed by atoms with Crippen LogP contribution < -0.4 is 5.32 Å². The highest BCUT2D eigenvalue weighted by Gasteiger charge is 2.17. The van der Waals surface area contributed by atoms with Crippen molar-refractivity contribution >= 4 is 11.7 Å². The van der Waals surface area contributed by atoms with Crippen LogP contribution in [0.4, 0.5) is 0 Å². The van der Waals surface area contributed by atoms with Crippen LogP contribution in [0.2, 0.25) is 0 Å². The van der Waals surface area contributed by atoms with E-state index < -0.39 is 17.8 Å². The lowest BCUT2D eigenvalue weighted by molar-refractivity contribution is -0.117. The Balaban J connectivity index is 2.57. The molecule has 0 saturated heterocycles. The molecule has 1 rings (SSSR count).